The zero-order chi connectivity index (χ0) is 19.7. The second kappa shape index (κ2) is 7.48. The Labute approximate surface area is 168 Å². The molecule has 7 heteroatoms. The maximum atomic E-state index is 13.3. The number of nitrogens with one attached hydrogen (secondary N) is 1. The topological polar surface area (TPSA) is 65.5 Å². The maximum Gasteiger partial charge on any atom is 0.322 e. The molecule has 3 heterocycles. The van der Waals surface area contributed by atoms with Gasteiger partial charge in [0.05, 0.1) is 23.9 Å². The molecule has 1 aromatic heterocycles. The number of amides is 3. The number of hydrogen-bond acceptors (Lipinski definition) is 3. The van der Waals surface area contributed by atoms with Crippen LogP contribution in [-0.4, -0.2) is 39.8 Å². The van der Waals surface area contributed by atoms with Crippen LogP contribution in [-0.2, 0) is 11.3 Å². The molecule has 1 atom stereocenters. The number of benzene rings is 1. The molecule has 28 heavy (non-hydrogen) atoms. The summed E-state index contributed by atoms with van der Waals surface area (Å²) in [6.45, 7) is 4.85. The quantitative estimate of drug-likeness (QED) is 0.791. The molecule has 0 fully saturated rings. The van der Waals surface area contributed by atoms with E-state index in [0.717, 1.165) is 11.1 Å². The number of aromatic nitrogens is 1. The number of carbonyl (C=O) groups excluding carboxylic acids is 2. The first-order valence-corrected chi connectivity index (χ1v) is 9.32. The number of hydrogen-bond donors (Lipinski definition) is 1. The van der Waals surface area contributed by atoms with E-state index in [1.54, 1.807) is 40.4 Å². The van der Waals surface area contributed by atoms with E-state index in [0.29, 0.717) is 35.9 Å². The second-order valence-corrected chi connectivity index (χ2v) is 7.16. The molecule has 1 aromatic carbocycles. The third-order valence-electron chi connectivity index (χ3n) is 4.89. The zero-order valence-electron chi connectivity index (χ0n) is 15.1. The molecule has 2 aliphatic heterocycles. The van der Waals surface area contributed by atoms with Crippen LogP contribution in [0.1, 0.15) is 17.2 Å². The van der Waals surface area contributed by atoms with Crippen molar-refractivity contribution in [3.8, 4) is 0 Å². The van der Waals surface area contributed by atoms with Crippen molar-refractivity contribution in [1.29, 1.82) is 0 Å². The van der Waals surface area contributed by atoms with Crippen molar-refractivity contribution >= 4 is 23.5 Å². The van der Waals surface area contributed by atoms with E-state index in [4.69, 9.17) is 11.6 Å². The van der Waals surface area contributed by atoms with Gasteiger partial charge in [0.2, 0.25) is 0 Å². The fraction of sp³-hybridized carbons (Fsp3) is 0.190. The van der Waals surface area contributed by atoms with Crippen LogP contribution in [0.25, 0.3) is 0 Å². The molecule has 142 valence electrons. The molecule has 3 amide bonds. The molecule has 1 N–H and O–H groups in total. The highest BCUT2D eigenvalue weighted by Gasteiger charge is 2.43. The van der Waals surface area contributed by atoms with Gasteiger partial charge in [-0.1, -0.05) is 35.9 Å². The van der Waals surface area contributed by atoms with Gasteiger partial charge in [-0.15, -0.1) is 6.58 Å². The minimum atomic E-state index is -0.534. The molecule has 2 aliphatic rings. The van der Waals surface area contributed by atoms with Crippen molar-refractivity contribution < 1.29 is 9.59 Å². The van der Waals surface area contributed by atoms with Gasteiger partial charge in [0, 0.05) is 30.5 Å². The fourth-order valence-corrected chi connectivity index (χ4v) is 3.85. The lowest BCUT2D eigenvalue weighted by Gasteiger charge is -2.33. The minimum Gasteiger partial charge on any atom is -0.329 e. The van der Waals surface area contributed by atoms with Gasteiger partial charge in [-0.25, -0.2) is 4.79 Å². The van der Waals surface area contributed by atoms with E-state index in [1.165, 1.54) is 0 Å². The number of halogens is 1. The third-order valence-corrected chi connectivity index (χ3v) is 5.12. The first kappa shape index (κ1) is 18.3. The predicted octanol–water partition coefficient (Wildman–Crippen LogP) is 3.28. The molecule has 0 spiro atoms. The predicted molar refractivity (Wildman–Crippen MR) is 106 cm³/mol. The molecular formula is C21H19ClN4O2. The number of nitrogens with zero attached hydrogens (tertiary/aromatic N) is 3. The number of rotatable bonds is 5. The number of carbonyl (C=O) groups is 2. The highest BCUT2D eigenvalue weighted by atomic mass is 35.5. The summed E-state index contributed by atoms with van der Waals surface area (Å²) >= 11 is 6.14. The largest absolute Gasteiger partial charge is 0.329 e. The summed E-state index contributed by atoms with van der Waals surface area (Å²) in [7, 11) is 0. The SMILES string of the molecule is C=CCN1C(=O)N[C@H](c2cccc(Cl)c2)C2=C1CN(Cc1cccnc1)C2=O. The van der Waals surface area contributed by atoms with Gasteiger partial charge in [0.1, 0.15) is 0 Å². The Hall–Kier alpha value is -3.12. The fourth-order valence-electron chi connectivity index (χ4n) is 3.65. The molecule has 6 nitrogen and oxygen atoms in total. The van der Waals surface area contributed by atoms with Crippen LogP contribution in [0.15, 0.2) is 72.7 Å². The summed E-state index contributed by atoms with van der Waals surface area (Å²) < 4.78 is 0. The lowest BCUT2D eigenvalue weighted by atomic mass is 9.95. The van der Waals surface area contributed by atoms with E-state index >= 15 is 0 Å². The average Bonchev–Trinajstić information content (AvgIpc) is 3.01. The molecule has 0 radical (unpaired) electrons. The highest BCUT2D eigenvalue weighted by molar-refractivity contribution is 6.30. The Morgan fingerprint density at radius 2 is 2.14 bits per heavy atom. The highest BCUT2D eigenvalue weighted by Crippen LogP contribution is 2.37. The monoisotopic (exact) mass is 394 g/mol. The maximum absolute atomic E-state index is 13.3. The van der Waals surface area contributed by atoms with Crippen molar-refractivity contribution in [2.45, 2.75) is 12.6 Å². The second-order valence-electron chi connectivity index (χ2n) is 6.72. The van der Waals surface area contributed by atoms with Crippen molar-refractivity contribution in [1.82, 2.24) is 20.1 Å². The number of urea groups is 1. The summed E-state index contributed by atoms with van der Waals surface area (Å²) in [4.78, 5) is 33.4. The molecule has 0 saturated carbocycles. The minimum absolute atomic E-state index is 0.0992. The Bertz CT molecular complexity index is 973. The molecule has 0 aliphatic carbocycles. The van der Waals surface area contributed by atoms with Gasteiger partial charge in [-0.3, -0.25) is 14.7 Å². The molecule has 0 bridgehead atoms. The zero-order valence-corrected chi connectivity index (χ0v) is 15.9. The van der Waals surface area contributed by atoms with E-state index in [2.05, 4.69) is 16.9 Å². The first-order valence-electron chi connectivity index (χ1n) is 8.94. The molecule has 2 aromatic rings. The smallest absolute Gasteiger partial charge is 0.322 e. The lowest BCUT2D eigenvalue weighted by molar-refractivity contribution is -0.126. The van der Waals surface area contributed by atoms with Crippen molar-refractivity contribution in [2.24, 2.45) is 0 Å². The van der Waals surface area contributed by atoms with Crippen molar-refractivity contribution in [3.63, 3.8) is 0 Å². The van der Waals surface area contributed by atoms with Gasteiger partial charge >= 0.3 is 6.03 Å². The summed E-state index contributed by atoms with van der Waals surface area (Å²) in [5.74, 6) is -0.0992. The summed E-state index contributed by atoms with van der Waals surface area (Å²) in [5, 5.41) is 3.50. The first-order chi connectivity index (χ1) is 13.6. The van der Waals surface area contributed by atoms with Gasteiger partial charge < -0.3 is 10.2 Å². The number of pyridine rings is 1. The molecule has 4 rings (SSSR count). The van der Waals surface area contributed by atoms with Gasteiger partial charge in [-0.2, -0.15) is 0 Å². The normalized spacial score (nSPS) is 19.0. The Morgan fingerprint density at radius 1 is 1.29 bits per heavy atom. The van der Waals surface area contributed by atoms with Crippen LogP contribution in [0.5, 0.6) is 0 Å². The van der Waals surface area contributed by atoms with E-state index in [1.807, 2.05) is 24.3 Å². The van der Waals surface area contributed by atoms with Crippen molar-refractivity contribution in [2.75, 3.05) is 13.1 Å². The Balaban J connectivity index is 1.72. The van der Waals surface area contributed by atoms with E-state index < -0.39 is 6.04 Å². The molecular weight excluding hydrogens is 376 g/mol. The van der Waals surface area contributed by atoms with Gasteiger partial charge in [0.15, 0.2) is 0 Å². The van der Waals surface area contributed by atoms with Crippen LogP contribution >= 0.6 is 11.6 Å². The Morgan fingerprint density at radius 3 is 2.86 bits per heavy atom. The lowest BCUT2D eigenvalue weighted by Crippen LogP contribution is -2.47. The third kappa shape index (κ3) is 3.27. The van der Waals surface area contributed by atoms with Gasteiger partial charge in [-0.05, 0) is 29.3 Å². The molecule has 0 saturated heterocycles. The Kier molecular flexibility index (Phi) is 4.88. The van der Waals surface area contributed by atoms with E-state index in [9.17, 15) is 9.59 Å². The summed E-state index contributed by atoms with van der Waals surface area (Å²) in [6.07, 6.45) is 5.09. The van der Waals surface area contributed by atoms with Crippen LogP contribution < -0.4 is 5.32 Å². The summed E-state index contributed by atoms with van der Waals surface area (Å²) in [6, 6.07) is 10.2. The summed E-state index contributed by atoms with van der Waals surface area (Å²) in [5.41, 5.74) is 3.00. The van der Waals surface area contributed by atoms with Crippen molar-refractivity contribution in [3.05, 3.63) is 88.9 Å². The average molecular weight is 395 g/mol. The van der Waals surface area contributed by atoms with Crippen LogP contribution in [0.2, 0.25) is 5.02 Å². The van der Waals surface area contributed by atoms with Crippen LogP contribution in [0, 0.1) is 0 Å². The van der Waals surface area contributed by atoms with Gasteiger partial charge in [0.25, 0.3) is 5.91 Å². The standard InChI is InChI=1S/C21H19ClN4O2/c1-2-9-26-17-13-25(12-14-5-4-8-23-11-14)20(27)18(17)19(24-21(26)28)15-6-3-7-16(22)10-15/h2-8,10-11,19H,1,9,12-13H2,(H,24,28)/t19-/m1/s1. The van der Waals surface area contributed by atoms with E-state index in [-0.39, 0.29) is 11.9 Å². The van der Waals surface area contributed by atoms with Crippen LogP contribution in [0.4, 0.5) is 4.79 Å². The molecule has 0 unspecified atom stereocenters. The van der Waals surface area contributed by atoms with Crippen LogP contribution in [0.3, 0.4) is 0 Å².